The third-order valence-corrected chi connectivity index (χ3v) is 3.60. The number of nitrogen functional groups attached to an aromatic ring is 1. The highest BCUT2D eigenvalue weighted by Crippen LogP contribution is 2.18. The molecular weight excluding hydrogens is 318 g/mol. The van der Waals surface area contributed by atoms with Gasteiger partial charge in [0.25, 0.3) is 5.91 Å². The molecule has 0 saturated carbocycles. The van der Waals surface area contributed by atoms with E-state index in [0.717, 1.165) is 0 Å². The van der Waals surface area contributed by atoms with Gasteiger partial charge in [-0.05, 0) is 31.2 Å². The molecule has 7 heteroatoms. The number of hydrogen-bond acceptors (Lipinski definition) is 6. The quantitative estimate of drug-likeness (QED) is 0.670. The van der Waals surface area contributed by atoms with Crippen molar-refractivity contribution in [1.29, 1.82) is 0 Å². The molecule has 1 aromatic carbocycles. The van der Waals surface area contributed by atoms with Gasteiger partial charge < -0.3 is 15.8 Å². The Labute approximate surface area is 145 Å². The van der Waals surface area contributed by atoms with Crippen LogP contribution in [0, 0.1) is 0 Å². The van der Waals surface area contributed by atoms with Gasteiger partial charge in [-0.1, -0.05) is 18.2 Å². The number of amides is 1. The van der Waals surface area contributed by atoms with E-state index in [9.17, 15) is 4.79 Å². The van der Waals surface area contributed by atoms with Crippen LogP contribution in [0.1, 0.15) is 23.0 Å². The minimum Gasteiger partial charge on any atom is -0.381 e. The average Bonchev–Trinajstić information content (AvgIpc) is 2.63. The lowest BCUT2D eigenvalue weighted by Crippen LogP contribution is -2.13. The Morgan fingerprint density at radius 1 is 1.12 bits per heavy atom. The fourth-order valence-electron chi connectivity index (χ4n) is 2.43. The maximum atomic E-state index is 12.3. The first-order chi connectivity index (χ1) is 12.2. The average molecular weight is 337 g/mol. The fourth-order valence-corrected chi connectivity index (χ4v) is 2.43. The number of nitrogens with two attached hydrogens (primary N) is 1. The fraction of sp³-hybridized carbons (Fsp3) is 0.222. The van der Waals surface area contributed by atoms with Crippen molar-refractivity contribution in [2.45, 2.75) is 13.3 Å². The number of benzene rings is 1. The molecule has 0 saturated heterocycles. The van der Waals surface area contributed by atoms with Crippen LogP contribution >= 0.6 is 0 Å². The second kappa shape index (κ2) is 7.67. The first-order valence-corrected chi connectivity index (χ1v) is 8.04. The number of pyridine rings is 1. The molecule has 0 unspecified atom stereocenters. The first kappa shape index (κ1) is 16.8. The van der Waals surface area contributed by atoms with Gasteiger partial charge in [-0.3, -0.25) is 4.79 Å². The Morgan fingerprint density at radius 3 is 2.68 bits per heavy atom. The number of rotatable bonds is 6. The van der Waals surface area contributed by atoms with Gasteiger partial charge in [0, 0.05) is 18.6 Å². The Kier molecular flexibility index (Phi) is 5.15. The minimum absolute atomic E-state index is 0.196. The van der Waals surface area contributed by atoms with Gasteiger partial charge in [0.1, 0.15) is 11.3 Å². The Hall–Kier alpha value is -3.06. The third kappa shape index (κ3) is 4.07. The molecule has 0 atom stereocenters. The zero-order chi connectivity index (χ0) is 17.6. The number of nitrogens with zero attached hydrogens (tertiary/aromatic N) is 3. The summed E-state index contributed by atoms with van der Waals surface area (Å²) < 4.78 is 5.38. The van der Waals surface area contributed by atoms with Crippen LogP contribution in [0.3, 0.4) is 0 Å². The normalized spacial score (nSPS) is 10.8. The van der Waals surface area contributed by atoms with Gasteiger partial charge in [-0.25, -0.2) is 15.0 Å². The highest BCUT2D eigenvalue weighted by Gasteiger charge is 2.11. The topological polar surface area (TPSA) is 103 Å². The van der Waals surface area contributed by atoms with Gasteiger partial charge in [-0.2, -0.15) is 0 Å². The summed E-state index contributed by atoms with van der Waals surface area (Å²) >= 11 is 0. The molecule has 25 heavy (non-hydrogen) atoms. The van der Waals surface area contributed by atoms with E-state index in [4.69, 9.17) is 10.5 Å². The molecule has 0 aliphatic heterocycles. The molecule has 128 valence electrons. The Balaban J connectivity index is 1.88. The van der Waals surface area contributed by atoms with Gasteiger partial charge in [0.2, 0.25) is 5.95 Å². The van der Waals surface area contributed by atoms with Crippen LogP contribution < -0.4 is 11.1 Å². The summed E-state index contributed by atoms with van der Waals surface area (Å²) in [6.45, 7) is 3.08. The lowest BCUT2D eigenvalue weighted by molar-refractivity contribution is 0.102. The van der Waals surface area contributed by atoms with Gasteiger partial charge in [-0.15, -0.1) is 0 Å². The molecule has 3 N–H and O–H groups in total. The maximum Gasteiger partial charge on any atom is 0.256 e. The van der Waals surface area contributed by atoms with E-state index < -0.39 is 0 Å². The molecule has 0 bridgehead atoms. The largest absolute Gasteiger partial charge is 0.381 e. The highest BCUT2D eigenvalue weighted by atomic mass is 16.5. The van der Waals surface area contributed by atoms with E-state index in [0.29, 0.717) is 47.7 Å². The molecular formula is C18H19N5O2. The summed E-state index contributed by atoms with van der Waals surface area (Å²) in [4.78, 5) is 25.2. The first-order valence-electron chi connectivity index (χ1n) is 8.04. The van der Waals surface area contributed by atoms with Crippen molar-refractivity contribution in [2.24, 2.45) is 0 Å². The van der Waals surface area contributed by atoms with Crippen molar-refractivity contribution in [2.75, 3.05) is 24.3 Å². The number of aromatic nitrogens is 3. The van der Waals surface area contributed by atoms with E-state index >= 15 is 0 Å². The van der Waals surface area contributed by atoms with Crippen molar-refractivity contribution >= 4 is 28.7 Å². The molecule has 0 aliphatic rings. The van der Waals surface area contributed by atoms with Crippen molar-refractivity contribution < 1.29 is 9.53 Å². The van der Waals surface area contributed by atoms with Gasteiger partial charge >= 0.3 is 0 Å². The minimum atomic E-state index is -0.223. The van der Waals surface area contributed by atoms with E-state index in [2.05, 4.69) is 20.3 Å². The number of carbonyl (C=O) groups excluding carboxylic acids is 1. The Morgan fingerprint density at radius 2 is 1.92 bits per heavy atom. The van der Waals surface area contributed by atoms with E-state index in [1.807, 2.05) is 25.1 Å². The monoisotopic (exact) mass is 337 g/mol. The molecule has 1 amide bonds. The lowest BCUT2D eigenvalue weighted by Gasteiger charge is -2.09. The number of carbonyl (C=O) groups is 1. The van der Waals surface area contributed by atoms with Crippen molar-refractivity contribution in [3.8, 4) is 0 Å². The van der Waals surface area contributed by atoms with E-state index in [1.165, 1.54) is 0 Å². The van der Waals surface area contributed by atoms with Crippen molar-refractivity contribution in [3.63, 3.8) is 0 Å². The summed E-state index contributed by atoms with van der Waals surface area (Å²) in [5, 5.41) is 2.79. The standard InChI is InChI=1S/C18H19N5O2/c1-2-25-11-10-14-16-13(20-18(19)21-14)8-9-15(22-16)23-17(24)12-6-4-3-5-7-12/h3-9H,2,10-11H2,1H3,(H2,19,20,21)(H,22,23,24). The molecule has 0 spiro atoms. The number of anilines is 2. The third-order valence-electron chi connectivity index (χ3n) is 3.60. The number of fused-ring (bicyclic) bond motifs is 1. The Bertz CT molecular complexity index is 883. The second-order valence-electron chi connectivity index (χ2n) is 5.36. The molecule has 0 radical (unpaired) electrons. The molecule has 2 aromatic heterocycles. The van der Waals surface area contributed by atoms with Crippen LogP contribution in [-0.4, -0.2) is 34.1 Å². The molecule has 0 fully saturated rings. The van der Waals surface area contributed by atoms with Crippen molar-refractivity contribution in [1.82, 2.24) is 15.0 Å². The zero-order valence-electron chi connectivity index (χ0n) is 13.9. The van der Waals surface area contributed by atoms with Crippen molar-refractivity contribution in [3.05, 3.63) is 53.7 Å². The molecule has 3 rings (SSSR count). The molecule has 2 heterocycles. The van der Waals surface area contributed by atoms with Crippen LogP contribution in [0.25, 0.3) is 11.0 Å². The predicted molar refractivity (Wildman–Crippen MR) is 96.3 cm³/mol. The maximum absolute atomic E-state index is 12.3. The van der Waals surface area contributed by atoms with Crippen LogP contribution in [0.4, 0.5) is 11.8 Å². The molecule has 7 nitrogen and oxygen atoms in total. The second-order valence-corrected chi connectivity index (χ2v) is 5.36. The highest BCUT2D eigenvalue weighted by molar-refractivity contribution is 6.04. The van der Waals surface area contributed by atoms with Crippen LogP contribution in [0.15, 0.2) is 42.5 Å². The van der Waals surface area contributed by atoms with Crippen LogP contribution in [-0.2, 0) is 11.2 Å². The lowest BCUT2D eigenvalue weighted by atomic mass is 10.2. The summed E-state index contributed by atoms with van der Waals surface area (Å²) in [7, 11) is 0. The van der Waals surface area contributed by atoms with Crippen LogP contribution in [0.2, 0.25) is 0 Å². The van der Waals surface area contributed by atoms with Gasteiger partial charge in [0.05, 0.1) is 17.8 Å². The zero-order valence-corrected chi connectivity index (χ0v) is 13.9. The number of nitrogens with one attached hydrogen (secondary N) is 1. The summed E-state index contributed by atoms with van der Waals surface area (Å²) in [6.07, 6.45) is 0.570. The summed E-state index contributed by atoms with van der Waals surface area (Å²) in [5.74, 6) is 0.411. The summed E-state index contributed by atoms with van der Waals surface area (Å²) in [6, 6.07) is 12.4. The predicted octanol–water partition coefficient (Wildman–Crippen LogP) is 2.44. The summed E-state index contributed by atoms with van der Waals surface area (Å²) in [5.41, 5.74) is 8.27. The molecule has 3 aromatic rings. The van der Waals surface area contributed by atoms with E-state index in [1.54, 1.807) is 24.3 Å². The molecule has 0 aliphatic carbocycles. The van der Waals surface area contributed by atoms with E-state index in [-0.39, 0.29) is 11.9 Å². The number of hydrogen-bond donors (Lipinski definition) is 2. The smallest absolute Gasteiger partial charge is 0.256 e. The van der Waals surface area contributed by atoms with Gasteiger partial charge in [0.15, 0.2) is 0 Å². The SMILES string of the molecule is CCOCCc1nc(N)nc2ccc(NC(=O)c3ccccc3)nc12. The number of ether oxygens (including phenoxy) is 1. The van der Waals surface area contributed by atoms with Crippen LogP contribution in [0.5, 0.6) is 0 Å².